The molecule has 0 spiro atoms. The van der Waals surface area contributed by atoms with Gasteiger partial charge in [0.25, 0.3) is 0 Å². The highest BCUT2D eigenvalue weighted by molar-refractivity contribution is 9.10. The van der Waals surface area contributed by atoms with E-state index >= 15 is 0 Å². The smallest absolute Gasteiger partial charge is 0.243 e. The SMILES string of the molecule is O=C(CNc1cccc(Br)c1)Nc1cccc(OCCOc2ccccc2)c1. The van der Waals surface area contributed by atoms with Crippen molar-refractivity contribution >= 4 is 33.2 Å². The van der Waals surface area contributed by atoms with Crippen molar-refractivity contribution in [2.24, 2.45) is 0 Å². The zero-order valence-electron chi connectivity index (χ0n) is 15.2. The van der Waals surface area contributed by atoms with E-state index in [0.29, 0.717) is 24.7 Å². The Morgan fingerprint density at radius 2 is 1.46 bits per heavy atom. The Kier molecular flexibility index (Phi) is 7.32. The van der Waals surface area contributed by atoms with Crippen LogP contribution in [0.2, 0.25) is 0 Å². The number of carbonyl (C=O) groups is 1. The summed E-state index contributed by atoms with van der Waals surface area (Å²) in [4.78, 5) is 12.2. The van der Waals surface area contributed by atoms with Crippen LogP contribution < -0.4 is 20.1 Å². The maximum absolute atomic E-state index is 12.2. The van der Waals surface area contributed by atoms with Crippen molar-refractivity contribution in [2.75, 3.05) is 30.4 Å². The molecule has 2 N–H and O–H groups in total. The molecule has 144 valence electrons. The molecule has 0 heterocycles. The molecule has 0 aliphatic carbocycles. The van der Waals surface area contributed by atoms with Crippen molar-refractivity contribution < 1.29 is 14.3 Å². The van der Waals surface area contributed by atoms with Crippen LogP contribution in [-0.4, -0.2) is 25.7 Å². The highest BCUT2D eigenvalue weighted by Crippen LogP contribution is 2.18. The summed E-state index contributed by atoms with van der Waals surface area (Å²) in [6.45, 7) is 1.03. The molecule has 0 saturated heterocycles. The number of halogens is 1. The Balaban J connectivity index is 1.42. The van der Waals surface area contributed by atoms with Crippen LogP contribution in [0.1, 0.15) is 0 Å². The molecule has 5 nitrogen and oxygen atoms in total. The van der Waals surface area contributed by atoms with Gasteiger partial charge in [-0.25, -0.2) is 0 Å². The molecule has 0 radical (unpaired) electrons. The van der Waals surface area contributed by atoms with Gasteiger partial charge in [0.2, 0.25) is 5.91 Å². The van der Waals surface area contributed by atoms with E-state index in [4.69, 9.17) is 9.47 Å². The van der Waals surface area contributed by atoms with E-state index < -0.39 is 0 Å². The van der Waals surface area contributed by atoms with Crippen molar-refractivity contribution in [1.29, 1.82) is 0 Å². The van der Waals surface area contributed by atoms with E-state index in [1.54, 1.807) is 6.07 Å². The monoisotopic (exact) mass is 440 g/mol. The lowest BCUT2D eigenvalue weighted by Gasteiger charge is -2.11. The fourth-order valence-electron chi connectivity index (χ4n) is 2.49. The number of anilines is 2. The Labute approximate surface area is 172 Å². The summed E-state index contributed by atoms with van der Waals surface area (Å²) in [5.41, 5.74) is 1.56. The minimum atomic E-state index is -0.135. The minimum Gasteiger partial charge on any atom is -0.490 e. The van der Waals surface area contributed by atoms with Crippen molar-refractivity contribution in [3.63, 3.8) is 0 Å². The molecule has 3 aromatic carbocycles. The number of hydrogen-bond donors (Lipinski definition) is 2. The first-order chi connectivity index (χ1) is 13.7. The molecular weight excluding hydrogens is 420 g/mol. The average Bonchev–Trinajstić information content (AvgIpc) is 2.71. The topological polar surface area (TPSA) is 59.6 Å². The van der Waals surface area contributed by atoms with E-state index in [0.717, 1.165) is 15.9 Å². The molecule has 0 fully saturated rings. The van der Waals surface area contributed by atoms with E-state index in [1.165, 1.54) is 0 Å². The predicted molar refractivity (Wildman–Crippen MR) is 115 cm³/mol. The number of para-hydroxylation sites is 1. The standard InChI is InChI=1S/C22H21BrN2O3/c23-17-6-4-7-18(14-17)24-16-22(26)25-19-8-5-11-21(15-19)28-13-12-27-20-9-2-1-3-10-20/h1-11,14-15,24H,12-13,16H2,(H,25,26). The van der Waals surface area contributed by atoms with Crippen LogP contribution in [0.5, 0.6) is 11.5 Å². The summed E-state index contributed by atoms with van der Waals surface area (Å²) in [5.74, 6) is 1.35. The molecule has 0 saturated carbocycles. The molecule has 0 aliphatic heterocycles. The normalized spacial score (nSPS) is 10.2. The molecule has 3 aromatic rings. The van der Waals surface area contributed by atoms with Gasteiger partial charge in [0.05, 0.1) is 6.54 Å². The minimum absolute atomic E-state index is 0.135. The first-order valence-corrected chi connectivity index (χ1v) is 9.68. The summed E-state index contributed by atoms with van der Waals surface area (Å²) >= 11 is 3.41. The second-order valence-electron chi connectivity index (χ2n) is 5.95. The number of nitrogens with one attached hydrogen (secondary N) is 2. The molecule has 1 amide bonds. The third-order valence-corrected chi connectivity index (χ3v) is 4.25. The number of benzene rings is 3. The molecular formula is C22H21BrN2O3. The van der Waals surface area contributed by atoms with Crippen molar-refractivity contribution in [3.05, 3.63) is 83.3 Å². The van der Waals surface area contributed by atoms with Gasteiger partial charge in [0.1, 0.15) is 24.7 Å². The first kappa shape index (κ1) is 19.8. The summed E-state index contributed by atoms with van der Waals surface area (Å²) < 4.78 is 12.3. The van der Waals surface area contributed by atoms with E-state index in [9.17, 15) is 4.79 Å². The largest absolute Gasteiger partial charge is 0.490 e. The van der Waals surface area contributed by atoms with Crippen LogP contribution in [0, 0.1) is 0 Å². The highest BCUT2D eigenvalue weighted by Gasteiger charge is 2.04. The quantitative estimate of drug-likeness (QED) is 0.461. The summed E-state index contributed by atoms with van der Waals surface area (Å²) in [5, 5.41) is 5.95. The molecule has 0 bridgehead atoms. The van der Waals surface area contributed by atoms with Gasteiger partial charge >= 0.3 is 0 Å². The third-order valence-electron chi connectivity index (χ3n) is 3.76. The zero-order chi connectivity index (χ0) is 19.6. The highest BCUT2D eigenvalue weighted by atomic mass is 79.9. The van der Waals surface area contributed by atoms with Crippen molar-refractivity contribution in [3.8, 4) is 11.5 Å². The number of hydrogen-bond acceptors (Lipinski definition) is 4. The van der Waals surface area contributed by atoms with Gasteiger partial charge in [-0.05, 0) is 42.5 Å². The van der Waals surface area contributed by atoms with Gasteiger partial charge in [-0.15, -0.1) is 0 Å². The van der Waals surface area contributed by atoms with Crippen molar-refractivity contribution in [1.82, 2.24) is 0 Å². The molecule has 0 unspecified atom stereocenters. The Morgan fingerprint density at radius 1 is 0.786 bits per heavy atom. The maximum atomic E-state index is 12.2. The van der Waals surface area contributed by atoms with Crippen LogP contribution >= 0.6 is 15.9 Å². The van der Waals surface area contributed by atoms with E-state index in [2.05, 4.69) is 26.6 Å². The molecule has 0 aliphatic rings. The molecule has 3 rings (SSSR count). The molecule has 28 heavy (non-hydrogen) atoms. The maximum Gasteiger partial charge on any atom is 0.243 e. The van der Waals surface area contributed by atoms with E-state index in [-0.39, 0.29) is 12.5 Å². The van der Waals surface area contributed by atoms with Crippen LogP contribution in [0.25, 0.3) is 0 Å². The van der Waals surface area contributed by atoms with Crippen LogP contribution in [0.4, 0.5) is 11.4 Å². The fourth-order valence-corrected chi connectivity index (χ4v) is 2.88. The van der Waals surface area contributed by atoms with Crippen LogP contribution in [0.3, 0.4) is 0 Å². The lowest BCUT2D eigenvalue weighted by atomic mass is 10.3. The van der Waals surface area contributed by atoms with Gasteiger partial charge in [-0.3, -0.25) is 4.79 Å². The Morgan fingerprint density at radius 3 is 2.25 bits per heavy atom. The molecule has 0 aromatic heterocycles. The summed E-state index contributed by atoms with van der Waals surface area (Å²) in [6.07, 6.45) is 0. The zero-order valence-corrected chi connectivity index (χ0v) is 16.8. The summed E-state index contributed by atoms with van der Waals surface area (Å²) in [7, 11) is 0. The van der Waals surface area contributed by atoms with Crippen LogP contribution in [0.15, 0.2) is 83.3 Å². The first-order valence-electron chi connectivity index (χ1n) is 8.89. The second kappa shape index (κ2) is 10.4. The lowest BCUT2D eigenvalue weighted by molar-refractivity contribution is -0.114. The van der Waals surface area contributed by atoms with Gasteiger partial charge in [-0.1, -0.05) is 46.3 Å². The number of ether oxygens (including phenoxy) is 2. The van der Waals surface area contributed by atoms with Gasteiger partial charge in [0, 0.05) is 21.9 Å². The van der Waals surface area contributed by atoms with E-state index in [1.807, 2.05) is 72.8 Å². The van der Waals surface area contributed by atoms with Gasteiger partial charge in [-0.2, -0.15) is 0 Å². The third kappa shape index (κ3) is 6.63. The Hall–Kier alpha value is -2.99. The number of amides is 1. The Bertz CT molecular complexity index is 903. The van der Waals surface area contributed by atoms with Gasteiger partial charge in [0.15, 0.2) is 0 Å². The predicted octanol–water partition coefficient (Wildman–Crippen LogP) is 4.96. The second-order valence-corrected chi connectivity index (χ2v) is 6.87. The average molecular weight is 441 g/mol. The lowest BCUT2D eigenvalue weighted by Crippen LogP contribution is -2.21. The molecule has 6 heteroatoms. The number of rotatable bonds is 9. The summed E-state index contributed by atoms with van der Waals surface area (Å²) in [6, 6.07) is 24.6. The number of carbonyl (C=O) groups excluding carboxylic acids is 1. The fraction of sp³-hybridized carbons (Fsp3) is 0.136. The van der Waals surface area contributed by atoms with Crippen molar-refractivity contribution in [2.45, 2.75) is 0 Å². The van der Waals surface area contributed by atoms with Crippen LogP contribution in [-0.2, 0) is 4.79 Å². The molecule has 0 atom stereocenters. The van der Waals surface area contributed by atoms with Gasteiger partial charge < -0.3 is 20.1 Å².